The first-order valence-corrected chi connectivity index (χ1v) is 8.96. The molecule has 0 spiro atoms. The van der Waals surface area contributed by atoms with Crippen molar-refractivity contribution in [2.45, 2.75) is 45.1 Å². The quantitative estimate of drug-likeness (QED) is 0.848. The van der Waals surface area contributed by atoms with Crippen LogP contribution in [0.4, 0.5) is 5.69 Å². The van der Waals surface area contributed by atoms with Crippen molar-refractivity contribution in [1.29, 1.82) is 0 Å². The third-order valence-electron chi connectivity index (χ3n) is 5.36. The SMILES string of the molecule is O=C(CC1CCC1)NCc1ccc(N2CCC(CO)CC2)cc1. The number of piperidine rings is 1. The Hall–Kier alpha value is -1.55. The lowest BCUT2D eigenvalue weighted by atomic mass is 9.83. The summed E-state index contributed by atoms with van der Waals surface area (Å²) < 4.78 is 0. The standard InChI is InChI=1S/C19H28N2O2/c22-14-17-8-10-21(11-9-17)18-6-4-16(5-7-18)13-20-19(23)12-15-2-1-3-15/h4-7,15,17,22H,1-3,8-14H2,(H,20,23). The molecule has 23 heavy (non-hydrogen) atoms. The van der Waals surface area contributed by atoms with Crippen molar-refractivity contribution >= 4 is 11.6 Å². The highest BCUT2D eigenvalue weighted by Gasteiger charge is 2.20. The van der Waals surface area contributed by atoms with Gasteiger partial charge in [0.15, 0.2) is 0 Å². The lowest BCUT2D eigenvalue weighted by Crippen LogP contribution is -2.34. The zero-order valence-corrected chi connectivity index (χ0v) is 13.8. The Kier molecular flexibility index (Phi) is 5.55. The van der Waals surface area contributed by atoms with E-state index >= 15 is 0 Å². The molecule has 0 radical (unpaired) electrons. The average molecular weight is 316 g/mol. The maximum absolute atomic E-state index is 11.9. The van der Waals surface area contributed by atoms with Crippen LogP contribution < -0.4 is 10.2 Å². The number of hydrogen-bond acceptors (Lipinski definition) is 3. The minimum atomic E-state index is 0.185. The summed E-state index contributed by atoms with van der Waals surface area (Å²) in [7, 11) is 0. The van der Waals surface area contributed by atoms with Crippen LogP contribution in [0.5, 0.6) is 0 Å². The van der Waals surface area contributed by atoms with E-state index in [0.717, 1.165) is 31.5 Å². The number of aliphatic hydroxyl groups excluding tert-OH is 1. The van der Waals surface area contributed by atoms with Gasteiger partial charge in [-0.1, -0.05) is 18.6 Å². The zero-order valence-electron chi connectivity index (χ0n) is 13.8. The van der Waals surface area contributed by atoms with Gasteiger partial charge in [0.1, 0.15) is 0 Å². The molecule has 1 heterocycles. The van der Waals surface area contributed by atoms with Gasteiger partial charge in [0, 0.05) is 38.3 Å². The molecule has 4 heteroatoms. The van der Waals surface area contributed by atoms with Crippen molar-refractivity contribution in [2.24, 2.45) is 11.8 Å². The van der Waals surface area contributed by atoms with Gasteiger partial charge in [0.25, 0.3) is 0 Å². The van der Waals surface area contributed by atoms with Crippen LogP contribution in [0.1, 0.15) is 44.1 Å². The highest BCUT2D eigenvalue weighted by molar-refractivity contribution is 5.76. The van der Waals surface area contributed by atoms with E-state index in [4.69, 9.17) is 0 Å². The van der Waals surface area contributed by atoms with Crippen LogP contribution in [0.3, 0.4) is 0 Å². The van der Waals surface area contributed by atoms with Crippen LogP contribution in [0.15, 0.2) is 24.3 Å². The van der Waals surface area contributed by atoms with Gasteiger partial charge in [-0.3, -0.25) is 4.79 Å². The predicted octanol–water partition coefficient (Wildman–Crippen LogP) is 2.70. The summed E-state index contributed by atoms with van der Waals surface area (Å²) >= 11 is 0. The van der Waals surface area contributed by atoms with Crippen molar-refractivity contribution in [3.63, 3.8) is 0 Å². The van der Waals surface area contributed by atoms with Gasteiger partial charge < -0.3 is 15.3 Å². The van der Waals surface area contributed by atoms with E-state index in [9.17, 15) is 9.90 Å². The van der Waals surface area contributed by atoms with Crippen molar-refractivity contribution in [2.75, 3.05) is 24.6 Å². The molecule has 1 saturated carbocycles. The number of rotatable bonds is 6. The van der Waals surface area contributed by atoms with Crippen molar-refractivity contribution in [3.8, 4) is 0 Å². The molecule has 4 nitrogen and oxygen atoms in total. The molecule has 0 unspecified atom stereocenters. The fourth-order valence-electron chi connectivity index (χ4n) is 3.43. The molecule has 0 bridgehead atoms. The Morgan fingerprint density at radius 3 is 2.35 bits per heavy atom. The summed E-state index contributed by atoms with van der Waals surface area (Å²) in [6, 6.07) is 8.51. The average Bonchev–Trinajstić information content (AvgIpc) is 2.57. The number of anilines is 1. The Labute approximate surface area is 138 Å². The number of hydrogen-bond donors (Lipinski definition) is 2. The van der Waals surface area contributed by atoms with Crippen molar-refractivity contribution in [1.82, 2.24) is 5.32 Å². The molecule has 1 aliphatic heterocycles. The highest BCUT2D eigenvalue weighted by Crippen LogP contribution is 2.29. The van der Waals surface area contributed by atoms with Gasteiger partial charge in [-0.2, -0.15) is 0 Å². The third kappa shape index (κ3) is 4.47. The summed E-state index contributed by atoms with van der Waals surface area (Å²) in [4.78, 5) is 14.2. The molecule has 2 aliphatic rings. The lowest BCUT2D eigenvalue weighted by molar-refractivity contribution is -0.122. The summed E-state index contributed by atoms with van der Waals surface area (Å²) in [6.45, 7) is 2.97. The lowest BCUT2D eigenvalue weighted by Gasteiger charge is -2.33. The van der Waals surface area contributed by atoms with Gasteiger partial charge in [-0.15, -0.1) is 0 Å². The molecule has 1 aromatic rings. The Morgan fingerprint density at radius 2 is 1.78 bits per heavy atom. The number of nitrogens with zero attached hydrogens (tertiary/aromatic N) is 1. The molecule has 1 saturated heterocycles. The van der Waals surface area contributed by atoms with Crippen LogP contribution >= 0.6 is 0 Å². The Bertz CT molecular complexity index is 503. The van der Waals surface area contributed by atoms with E-state index in [1.165, 1.54) is 24.9 Å². The molecular weight excluding hydrogens is 288 g/mol. The van der Waals surface area contributed by atoms with Crippen LogP contribution in [-0.4, -0.2) is 30.7 Å². The summed E-state index contributed by atoms with van der Waals surface area (Å²) in [5, 5.41) is 12.2. The molecular formula is C19H28N2O2. The van der Waals surface area contributed by atoms with Gasteiger partial charge in [0.05, 0.1) is 0 Å². The fraction of sp³-hybridized carbons (Fsp3) is 0.632. The molecule has 1 aromatic carbocycles. The molecule has 1 amide bonds. The van der Waals surface area contributed by atoms with Crippen LogP contribution in [-0.2, 0) is 11.3 Å². The summed E-state index contributed by atoms with van der Waals surface area (Å²) in [5.74, 6) is 1.28. The van der Waals surface area contributed by atoms with Gasteiger partial charge in [0.2, 0.25) is 5.91 Å². The van der Waals surface area contributed by atoms with E-state index < -0.39 is 0 Å². The van der Waals surface area contributed by atoms with Crippen LogP contribution in [0, 0.1) is 11.8 Å². The topological polar surface area (TPSA) is 52.6 Å². The molecule has 2 fully saturated rings. The normalized spacial score (nSPS) is 19.4. The van der Waals surface area contributed by atoms with Crippen molar-refractivity contribution < 1.29 is 9.90 Å². The van der Waals surface area contributed by atoms with Gasteiger partial charge in [-0.05, 0) is 55.2 Å². The first kappa shape index (κ1) is 16.3. The Balaban J connectivity index is 1.44. The smallest absolute Gasteiger partial charge is 0.220 e. The van der Waals surface area contributed by atoms with Crippen LogP contribution in [0.25, 0.3) is 0 Å². The monoisotopic (exact) mass is 316 g/mol. The Morgan fingerprint density at radius 1 is 1.09 bits per heavy atom. The maximum Gasteiger partial charge on any atom is 0.220 e. The zero-order chi connectivity index (χ0) is 16.1. The van der Waals surface area contributed by atoms with E-state index in [2.05, 4.69) is 34.5 Å². The predicted molar refractivity (Wildman–Crippen MR) is 92.3 cm³/mol. The second-order valence-electron chi connectivity index (χ2n) is 7.06. The minimum absolute atomic E-state index is 0.185. The first-order chi connectivity index (χ1) is 11.2. The second kappa shape index (κ2) is 7.82. The van der Waals surface area contributed by atoms with Crippen molar-refractivity contribution in [3.05, 3.63) is 29.8 Å². The third-order valence-corrected chi connectivity index (χ3v) is 5.36. The van der Waals surface area contributed by atoms with Gasteiger partial charge >= 0.3 is 0 Å². The maximum atomic E-state index is 11.9. The molecule has 0 atom stereocenters. The van der Waals surface area contributed by atoms with E-state index in [-0.39, 0.29) is 5.91 Å². The second-order valence-corrected chi connectivity index (χ2v) is 7.06. The number of carbonyl (C=O) groups is 1. The number of nitrogens with one attached hydrogen (secondary N) is 1. The van der Waals surface area contributed by atoms with Crippen LogP contribution in [0.2, 0.25) is 0 Å². The summed E-state index contributed by atoms with van der Waals surface area (Å²) in [6.07, 6.45) is 6.54. The van der Waals surface area contributed by atoms with E-state index in [1.54, 1.807) is 0 Å². The highest BCUT2D eigenvalue weighted by atomic mass is 16.3. The first-order valence-electron chi connectivity index (χ1n) is 8.96. The largest absolute Gasteiger partial charge is 0.396 e. The molecule has 2 N–H and O–H groups in total. The van der Waals surface area contributed by atoms with Gasteiger partial charge in [-0.25, -0.2) is 0 Å². The number of aliphatic hydroxyl groups is 1. The summed E-state index contributed by atoms with van der Waals surface area (Å²) in [5.41, 5.74) is 2.40. The fourth-order valence-corrected chi connectivity index (χ4v) is 3.43. The number of amides is 1. The molecule has 0 aromatic heterocycles. The van der Waals surface area contributed by atoms with E-state index in [0.29, 0.717) is 31.4 Å². The number of benzene rings is 1. The minimum Gasteiger partial charge on any atom is -0.396 e. The number of carbonyl (C=O) groups excluding carboxylic acids is 1. The molecule has 3 rings (SSSR count). The molecule has 126 valence electrons. The van der Waals surface area contributed by atoms with E-state index in [1.807, 2.05) is 0 Å². The molecule has 1 aliphatic carbocycles.